The maximum absolute atomic E-state index is 5.14. The van der Waals surface area contributed by atoms with Gasteiger partial charge in [-0.1, -0.05) is 6.92 Å². The normalized spacial score (nSPS) is 19.0. The number of methoxy groups -OCH3 is 1. The first kappa shape index (κ1) is 14.3. The van der Waals surface area contributed by atoms with Gasteiger partial charge in [0, 0.05) is 46.1 Å². The van der Waals surface area contributed by atoms with E-state index in [0.717, 1.165) is 45.0 Å². The van der Waals surface area contributed by atoms with E-state index in [4.69, 9.17) is 9.72 Å². The molecule has 108 valence electrons. The summed E-state index contributed by atoms with van der Waals surface area (Å²) in [5.41, 5.74) is 1.17. The van der Waals surface area contributed by atoms with Crippen molar-refractivity contribution in [2.24, 2.45) is 0 Å². The van der Waals surface area contributed by atoms with Crippen LogP contribution in [0.1, 0.15) is 25.5 Å². The van der Waals surface area contributed by atoms with E-state index in [9.17, 15) is 0 Å². The van der Waals surface area contributed by atoms with Gasteiger partial charge in [-0.15, -0.1) is 0 Å². The van der Waals surface area contributed by atoms with Gasteiger partial charge in [-0.05, 0) is 25.8 Å². The Hall–Kier alpha value is -1.07. The van der Waals surface area contributed by atoms with E-state index in [2.05, 4.69) is 35.0 Å². The van der Waals surface area contributed by atoms with Crippen molar-refractivity contribution in [1.29, 1.82) is 0 Å². The average Bonchev–Trinajstić information content (AvgIpc) is 3.07. The molecule has 1 N–H and O–H groups in total. The Morgan fingerprint density at radius 2 is 2.42 bits per heavy atom. The number of ether oxygens (including phenoxy) is 1. The molecule has 0 aliphatic carbocycles. The molecule has 1 saturated heterocycles. The van der Waals surface area contributed by atoms with Gasteiger partial charge in [-0.3, -0.25) is 0 Å². The predicted octanol–water partition coefficient (Wildman–Crippen LogP) is 1.28. The zero-order valence-corrected chi connectivity index (χ0v) is 12.4. The molecule has 0 saturated carbocycles. The lowest BCUT2D eigenvalue weighted by Crippen LogP contribution is -2.35. The highest BCUT2D eigenvalue weighted by Crippen LogP contribution is 2.19. The van der Waals surface area contributed by atoms with Crippen LogP contribution in [0.2, 0.25) is 0 Å². The molecule has 1 atom stereocenters. The Balaban J connectivity index is 2.09. The molecule has 5 heteroatoms. The second-order valence-corrected chi connectivity index (χ2v) is 5.18. The second-order valence-electron chi connectivity index (χ2n) is 5.18. The molecule has 5 nitrogen and oxygen atoms in total. The summed E-state index contributed by atoms with van der Waals surface area (Å²) in [5, 5.41) is 3.42. The van der Waals surface area contributed by atoms with Crippen LogP contribution in [0.3, 0.4) is 0 Å². The Morgan fingerprint density at radius 3 is 3.05 bits per heavy atom. The first-order valence-electron chi connectivity index (χ1n) is 7.24. The highest BCUT2D eigenvalue weighted by Gasteiger charge is 2.23. The summed E-state index contributed by atoms with van der Waals surface area (Å²) in [7, 11) is 3.91. The van der Waals surface area contributed by atoms with Crippen LogP contribution in [0.4, 0.5) is 5.95 Å². The fourth-order valence-electron chi connectivity index (χ4n) is 2.59. The second kappa shape index (κ2) is 6.91. The summed E-state index contributed by atoms with van der Waals surface area (Å²) in [6.07, 6.45) is 5.40. The van der Waals surface area contributed by atoms with E-state index >= 15 is 0 Å². The molecular weight excluding hydrogens is 240 g/mol. The monoisotopic (exact) mass is 266 g/mol. The number of hydrogen-bond acceptors (Lipinski definition) is 4. The van der Waals surface area contributed by atoms with Crippen LogP contribution >= 0.6 is 0 Å². The third-order valence-electron chi connectivity index (χ3n) is 3.81. The number of rotatable bonds is 7. The number of aromatic nitrogens is 2. The van der Waals surface area contributed by atoms with Gasteiger partial charge in [-0.25, -0.2) is 4.98 Å². The summed E-state index contributed by atoms with van der Waals surface area (Å²) in [6, 6.07) is 0.563. The zero-order valence-electron chi connectivity index (χ0n) is 12.4. The summed E-state index contributed by atoms with van der Waals surface area (Å²) in [5.74, 6) is 1.10. The Labute approximate surface area is 116 Å². The minimum Gasteiger partial charge on any atom is -0.385 e. The maximum Gasteiger partial charge on any atom is 0.205 e. The molecule has 2 rings (SSSR count). The lowest BCUT2D eigenvalue weighted by molar-refractivity contribution is 0.190. The fraction of sp³-hybridized carbons (Fsp3) is 0.786. The quantitative estimate of drug-likeness (QED) is 0.755. The number of nitrogens with one attached hydrogen (secondary N) is 1. The molecule has 1 aliphatic rings. The molecule has 0 bridgehead atoms. The van der Waals surface area contributed by atoms with Crippen LogP contribution < -0.4 is 10.2 Å². The van der Waals surface area contributed by atoms with Gasteiger partial charge in [0.25, 0.3) is 0 Å². The van der Waals surface area contributed by atoms with Crippen LogP contribution in [-0.2, 0) is 17.7 Å². The summed E-state index contributed by atoms with van der Waals surface area (Å²) in [4.78, 5) is 7.10. The standard InChI is InChI=1S/C14H26N4O/c1-4-12-11-18(8-5-9-19-3)14(16-12)17(2)13-6-7-15-10-13/h11,13,15H,4-10H2,1-3H3. The Bertz CT molecular complexity index is 385. The lowest BCUT2D eigenvalue weighted by Gasteiger charge is -2.25. The highest BCUT2D eigenvalue weighted by molar-refractivity contribution is 5.34. The minimum absolute atomic E-state index is 0.563. The van der Waals surface area contributed by atoms with E-state index in [1.165, 1.54) is 12.1 Å². The van der Waals surface area contributed by atoms with Crippen LogP contribution in [-0.4, -0.2) is 49.4 Å². The van der Waals surface area contributed by atoms with E-state index in [1.807, 2.05) is 0 Å². The molecule has 1 aromatic heterocycles. The number of hydrogen-bond donors (Lipinski definition) is 1. The molecule has 0 amide bonds. The van der Waals surface area contributed by atoms with Crippen LogP contribution in [0, 0.1) is 0 Å². The third-order valence-corrected chi connectivity index (χ3v) is 3.81. The van der Waals surface area contributed by atoms with E-state index < -0.39 is 0 Å². The van der Waals surface area contributed by atoms with Gasteiger partial charge in [0.2, 0.25) is 5.95 Å². The third kappa shape index (κ3) is 3.48. The largest absolute Gasteiger partial charge is 0.385 e. The Kier molecular flexibility index (Phi) is 5.22. The number of likely N-dealkylation sites (N-methyl/N-ethyl adjacent to an activating group) is 1. The van der Waals surface area contributed by atoms with Crippen molar-refractivity contribution in [3.8, 4) is 0 Å². The van der Waals surface area contributed by atoms with Crippen molar-refractivity contribution in [2.45, 2.75) is 38.8 Å². The molecule has 0 radical (unpaired) electrons. The molecule has 1 fully saturated rings. The molecule has 0 spiro atoms. The summed E-state index contributed by atoms with van der Waals surface area (Å²) >= 11 is 0. The SMILES string of the molecule is CCc1cn(CCCOC)c(N(C)C2CCNC2)n1. The maximum atomic E-state index is 5.14. The molecule has 1 aliphatic heterocycles. The van der Waals surface area contributed by atoms with Crippen molar-refractivity contribution in [3.63, 3.8) is 0 Å². The number of aryl methyl sites for hydroxylation is 2. The molecule has 0 aromatic carbocycles. The predicted molar refractivity (Wildman–Crippen MR) is 77.8 cm³/mol. The van der Waals surface area contributed by atoms with Gasteiger partial charge >= 0.3 is 0 Å². The molecule has 19 heavy (non-hydrogen) atoms. The topological polar surface area (TPSA) is 42.3 Å². The average molecular weight is 266 g/mol. The first-order chi connectivity index (χ1) is 9.26. The van der Waals surface area contributed by atoms with E-state index in [-0.39, 0.29) is 0 Å². The molecular formula is C14H26N4O. The summed E-state index contributed by atoms with van der Waals surface area (Å²) < 4.78 is 7.41. The van der Waals surface area contributed by atoms with Crippen molar-refractivity contribution in [3.05, 3.63) is 11.9 Å². The lowest BCUT2D eigenvalue weighted by atomic mass is 10.2. The fourth-order valence-corrected chi connectivity index (χ4v) is 2.59. The van der Waals surface area contributed by atoms with Crippen LogP contribution in [0.15, 0.2) is 6.20 Å². The minimum atomic E-state index is 0.563. The first-order valence-corrected chi connectivity index (χ1v) is 7.24. The van der Waals surface area contributed by atoms with Gasteiger partial charge in [-0.2, -0.15) is 0 Å². The van der Waals surface area contributed by atoms with E-state index in [1.54, 1.807) is 7.11 Å². The zero-order chi connectivity index (χ0) is 13.7. The van der Waals surface area contributed by atoms with Gasteiger partial charge < -0.3 is 19.5 Å². The summed E-state index contributed by atoms with van der Waals surface area (Å²) in [6.45, 7) is 6.10. The molecule has 1 unspecified atom stereocenters. The van der Waals surface area contributed by atoms with Crippen LogP contribution in [0.25, 0.3) is 0 Å². The van der Waals surface area contributed by atoms with Crippen molar-refractivity contribution in [2.75, 3.05) is 38.8 Å². The highest BCUT2D eigenvalue weighted by atomic mass is 16.5. The van der Waals surface area contributed by atoms with Crippen molar-refractivity contribution >= 4 is 5.95 Å². The number of anilines is 1. The van der Waals surface area contributed by atoms with Gasteiger partial charge in [0.1, 0.15) is 0 Å². The molecule has 2 heterocycles. The van der Waals surface area contributed by atoms with Gasteiger partial charge in [0.05, 0.1) is 5.69 Å². The van der Waals surface area contributed by atoms with E-state index in [0.29, 0.717) is 6.04 Å². The number of imidazole rings is 1. The van der Waals surface area contributed by atoms with Crippen LogP contribution in [0.5, 0.6) is 0 Å². The van der Waals surface area contributed by atoms with Gasteiger partial charge in [0.15, 0.2) is 0 Å². The van der Waals surface area contributed by atoms with Crippen molar-refractivity contribution in [1.82, 2.24) is 14.9 Å². The van der Waals surface area contributed by atoms with Crippen molar-refractivity contribution < 1.29 is 4.74 Å². The Morgan fingerprint density at radius 1 is 1.58 bits per heavy atom. The smallest absolute Gasteiger partial charge is 0.205 e. The molecule has 1 aromatic rings. The number of nitrogens with zero attached hydrogens (tertiary/aromatic N) is 3.